The molecule has 0 saturated heterocycles. The number of carbonyl (C=O) groups excluding carboxylic acids is 2. The molecule has 0 N–H and O–H groups in total. The van der Waals surface area contributed by atoms with Gasteiger partial charge in [0.2, 0.25) is 0 Å². The molecule has 0 radical (unpaired) electrons. The molecule has 0 fully saturated rings. The highest BCUT2D eigenvalue weighted by atomic mass is 16.5. The maximum Gasteiger partial charge on any atom is 0.310 e. The number of likely N-dealkylation sites (N-methyl/N-ethyl adjacent to an activating group) is 1. The van der Waals surface area contributed by atoms with Crippen LogP contribution in [0.2, 0.25) is 0 Å². The Morgan fingerprint density at radius 2 is 1.95 bits per heavy atom. The Morgan fingerprint density at radius 1 is 1.30 bits per heavy atom. The first-order chi connectivity index (χ1) is 9.45. The first-order valence-corrected chi connectivity index (χ1v) is 6.46. The smallest absolute Gasteiger partial charge is 0.310 e. The number of para-hydroxylation sites is 1. The van der Waals surface area contributed by atoms with Gasteiger partial charge in [0.25, 0.3) is 5.91 Å². The lowest BCUT2D eigenvalue weighted by Gasteiger charge is -2.20. The van der Waals surface area contributed by atoms with E-state index in [4.69, 9.17) is 4.74 Å². The summed E-state index contributed by atoms with van der Waals surface area (Å²) in [4.78, 5) is 24.7. The van der Waals surface area contributed by atoms with Crippen LogP contribution in [-0.2, 0) is 14.3 Å². The Hall–Kier alpha value is -2.04. The highest BCUT2D eigenvalue weighted by Crippen LogP contribution is 2.16. The molecule has 0 bridgehead atoms. The number of hydrogen-bond acceptors (Lipinski definition) is 4. The molecule has 5 nitrogen and oxygen atoms in total. The van der Waals surface area contributed by atoms with E-state index in [1.54, 1.807) is 14.0 Å². The van der Waals surface area contributed by atoms with Crippen LogP contribution in [-0.4, -0.2) is 44.1 Å². The van der Waals surface area contributed by atoms with E-state index in [1.807, 2.05) is 31.2 Å². The third kappa shape index (κ3) is 4.57. The van der Waals surface area contributed by atoms with Crippen LogP contribution < -0.4 is 4.74 Å². The molecule has 1 rings (SSSR count). The lowest BCUT2D eigenvalue weighted by molar-refractivity contribution is -0.146. The molecule has 1 aromatic rings. The van der Waals surface area contributed by atoms with Gasteiger partial charge in [0, 0.05) is 13.6 Å². The number of rotatable bonds is 6. The first kappa shape index (κ1) is 16.0. The van der Waals surface area contributed by atoms with Gasteiger partial charge in [-0.25, -0.2) is 0 Å². The minimum absolute atomic E-state index is 0.0464. The number of methoxy groups -OCH3 is 1. The summed E-state index contributed by atoms with van der Waals surface area (Å²) in [6.45, 7) is 3.90. The summed E-state index contributed by atoms with van der Waals surface area (Å²) < 4.78 is 10.1. The average molecular weight is 279 g/mol. The van der Waals surface area contributed by atoms with E-state index in [-0.39, 0.29) is 24.4 Å². The van der Waals surface area contributed by atoms with Gasteiger partial charge in [-0.15, -0.1) is 0 Å². The fourth-order valence-corrected chi connectivity index (χ4v) is 1.76. The van der Waals surface area contributed by atoms with Crippen LogP contribution in [0.15, 0.2) is 24.3 Å². The molecule has 0 aliphatic rings. The minimum Gasteiger partial charge on any atom is -0.484 e. The van der Waals surface area contributed by atoms with Crippen molar-refractivity contribution in [2.75, 3.05) is 27.3 Å². The van der Waals surface area contributed by atoms with Crippen LogP contribution in [0, 0.1) is 12.8 Å². The monoisotopic (exact) mass is 279 g/mol. The third-order valence-corrected chi connectivity index (χ3v) is 3.02. The molecule has 0 heterocycles. The van der Waals surface area contributed by atoms with E-state index in [0.717, 1.165) is 5.56 Å². The third-order valence-electron chi connectivity index (χ3n) is 3.02. The number of benzene rings is 1. The van der Waals surface area contributed by atoms with E-state index in [1.165, 1.54) is 12.0 Å². The Kier molecular flexibility index (Phi) is 6.03. The SMILES string of the molecule is COC(=O)C(C)CN(C)C(=O)COc1ccccc1C. The van der Waals surface area contributed by atoms with E-state index >= 15 is 0 Å². The van der Waals surface area contributed by atoms with Gasteiger partial charge in [-0.1, -0.05) is 25.1 Å². The number of aryl methyl sites for hydroxylation is 1. The van der Waals surface area contributed by atoms with Crippen LogP contribution in [0.4, 0.5) is 0 Å². The Balaban J connectivity index is 2.46. The van der Waals surface area contributed by atoms with Gasteiger partial charge in [0.1, 0.15) is 5.75 Å². The van der Waals surface area contributed by atoms with Crippen molar-refractivity contribution < 1.29 is 19.1 Å². The minimum atomic E-state index is -0.354. The number of nitrogens with zero attached hydrogens (tertiary/aromatic N) is 1. The number of amides is 1. The highest BCUT2D eigenvalue weighted by Gasteiger charge is 2.19. The summed E-state index contributed by atoms with van der Waals surface area (Å²) in [6.07, 6.45) is 0. The number of carbonyl (C=O) groups is 2. The molecule has 0 aliphatic heterocycles. The predicted molar refractivity (Wildman–Crippen MR) is 75.5 cm³/mol. The fourth-order valence-electron chi connectivity index (χ4n) is 1.76. The van der Waals surface area contributed by atoms with Crippen LogP contribution in [0.5, 0.6) is 5.75 Å². The van der Waals surface area contributed by atoms with Crippen molar-refractivity contribution in [3.05, 3.63) is 29.8 Å². The molecule has 0 saturated carbocycles. The fraction of sp³-hybridized carbons (Fsp3) is 0.467. The molecule has 0 aromatic heterocycles. The van der Waals surface area contributed by atoms with Gasteiger partial charge < -0.3 is 14.4 Å². The van der Waals surface area contributed by atoms with E-state index in [9.17, 15) is 9.59 Å². The summed E-state index contributed by atoms with van der Waals surface area (Å²) in [7, 11) is 2.98. The second kappa shape index (κ2) is 7.53. The van der Waals surface area contributed by atoms with Crippen molar-refractivity contribution in [3.8, 4) is 5.75 Å². The standard InChI is InChI=1S/C15H21NO4/c1-11-7-5-6-8-13(11)20-10-14(17)16(3)9-12(2)15(18)19-4/h5-8,12H,9-10H2,1-4H3. The first-order valence-electron chi connectivity index (χ1n) is 6.46. The molecule has 110 valence electrons. The molecule has 1 unspecified atom stereocenters. The molecule has 1 amide bonds. The summed E-state index contributed by atoms with van der Waals surface area (Å²) in [5.41, 5.74) is 0.978. The van der Waals surface area contributed by atoms with E-state index in [2.05, 4.69) is 4.74 Å². The molecule has 1 atom stereocenters. The number of hydrogen-bond donors (Lipinski definition) is 0. The van der Waals surface area contributed by atoms with Gasteiger partial charge in [0.05, 0.1) is 13.0 Å². The second-order valence-corrected chi connectivity index (χ2v) is 4.75. The highest BCUT2D eigenvalue weighted by molar-refractivity contribution is 5.79. The van der Waals surface area contributed by atoms with Crippen molar-refractivity contribution >= 4 is 11.9 Å². The molecular formula is C15H21NO4. The maximum atomic E-state index is 11.9. The van der Waals surface area contributed by atoms with Gasteiger partial charge >= 0.3 is 5.97 Å². The predicted octanol–water partition coefficient (Wildman–Crippen LogP) is 1.64. The summed E-state index contributed by atoms with van der Waals surface area (Å²) >= 11 is 0. The second-order valence-electron chi connectivity index (χ2n) is 4.75. The van der Waals surface area contributed by atoms with Gasteiger partial charge in [0.15, 0.2) is 6.61 Å². The van der Waals surface area contributed by atoms with Gasteiger partial charge in [-0.05, 0) is 18.6 Å². The Bertz CT molecular complexity index is 473. The van der Waals surface area contributed by atoms with E-state index < -0.39 is 0 Å². The van der Waals surface area contributed by atoms with Crippen LogP contribution in [0.1, 0.15) is 12.5 Å². The van der Waals surface area contributed by atoms with Crippen molar-refractivity contribution in [1.82, 2.24) is 4.90 Å². The molecular weight excluding hydrogens is 258 g/mol. The Labute approximate surface area is 119 Å². The quantitative estimate of drug-likeness (QED) is 0.743. The zero-order chi connectivity index (χ0) is 15.1. The maximum absolute atomic E-state index is 11.9. The van der Waals surface area contributed by atoms with Crippen LogP contribution in [0.3, 0.4) is 0 Å². The summed E-state index contributed by atoms with van der Waals surface area (Å²) in [5, 5.41) is 0. The lowest BCUT2D eigenvalue weighted by Crippen LogP contribution is -2.37. The number of ether oxygens (including phenoxy) is 2. The van der Waals surface area contributed by atoms with Crippen LogP contribution in [0.25, 0.3) is 0 Å². The largest absolute Gasteiger partial charge is 0.484 e. The average Bonchev–Trinajstić information content (AvgIpc) is 2.44. The summed E-state index contributed by atoms with van der Waals surface area (Å²) in [5.74, 6) is -0.170. The van der Waals surface area contributed by atoms with Gasteiger partial charge in [-0.3, -0.25) is 9.59 Å². The Morgan fingerprint density at radius 3 is 2.55 bits per heavy atom. The normalized spacial score (nSPS) is 11.6. The van der Waals surface area contributed by atoms with Gasteiger partial charge in [-0.2, -0.15) is 0 Å². The molecule has 1 aromatic carbocycles. The van der Waals surface area contributed by atoms with Crippen molar-refractivity contribution in [1.29, 1.82) is 0 Å². The zero-order valence-electron chi connectivity index (χ0n) is 12.4. The molecule has 5 heteroatoms. The van der Waals surface area contributed by atoms with E-state index in [0.29, 0.717) is 12.3 Å². The lowest BCUT2D eigenvalue weighted by atomic mass is 10.2. The molecule has 0 spiro atoms. The topological polar surface area (TPSA) is 55.8 Å². The van der Waals surface area contributed by atoms with Crippen molar-refractivity contribution in [3.63, 3.8) is 0 Å². The summed E-state index contributed by atoms with van der Waals surface area (Å²) in [6, 6.07) is 7.51. The van der Waals surface area contributed by atoms with Crippen molar-refractivity contribution in [2.24, 2.45) is 5.92 Å². The van der Waals surface area contributed by atoms with Crippen LogP contribution >= 0.6 is 0 Å². The number of esters is 1. The molecule has 20 heavy (non-hydrogen) atoms. The van der Waals surface area contributed by atoms with Crippen molar-refractivity contribution in [2.45, 2.75) is 13.8 Å². The zero-order valence-corrected chi connectivity index (χ0v) is 12.4. The molecule has 0 aliphatic carbocycles.